The van der Waals surface area contributed by atoms with E-state index in [9.17, 15) is 4.79 Å². The molecule has 1 aromatic carbocycles. The highest BCUT2D eigenvalue weighted by molar-refractivity contribution is 6.05. The van der Waals surface area contributed by atoms with Gasteiger partial charge in [0.05, 0.1) is 0 Å². The van der Waals surface area contributed by atoms with Crippen molar-refractivity contribution in [3.63, 3.8) is 0 Å². The number of piperazine rings is 1. The molecule has 122 valence electrons. The molecule has 0 aliphatic carbocycles. The monoisotopic (exact) mass is 321 g/mol. The molecule has 1 saturated heterocycles. The summed E-state index contributed by atoms with van der Waals surface area (Å²) in [4.78, 5) is 23.9. The highest BCUT2D eigenvalue weighted by Gasteiger charge is 2.32. The van der Waals surface area contributed by atoms with E-state index in [0.717, 1.165) is 23.1 Å². The van der Waals surface area contributed by atoms with Gasteiger partial charge in [0, 0.05) is 50.7 Å². The molecule has 2 aromatic heterocycles. The topological polar surface area (TPSA) is 63.1 Å². The van der Waals surface area contributed by atoms with Gasteiger partial charge in [-0.25, -0.2) is 4.98 Å². The van der Waals surface area contributed by atoms with E-state index in [0.29, 0.717) is 18.8 Å². The molecule has 6 heteroatoms. The first kappa shape index (κ1) is 14.8. The largest absolute Gasteiger partial charge is 0.336 e. The van der Waals surface area contributed by atoms with Crippen molar-refractivity contribution in [2.75, 3.05) is 19.6 Å². The molecule has 1 aliphatic heterocycles. The number of aryl methyl sites for hydroxylation is 1. The average molecular weight is 321 g/mol. The number of benzene rings is 1. The van der Waals surface area contributed by atoms with Crippen LogP contribution in [0.1, 0.15) is 22.4 Å². The Labute approximate surface area is 140 Å². The first-order chi connectivity index (χ1) is 11.8. The summed E-state index contributed by atoms with van der Waals surface area (Å²) in [5.41, 5.74) is 0.509. The second kappa shape index (κ2) is 6.05. The first-order valence-corrected chi connectivity index (χ1v) is 8.08. The van der Waals surface area contributed by atoms with Crippen molar-refractivity contribution in [2.24, 2.45) is 7.05 Å². The van der Waals surface area contributed by atoms with E-state index in [1.165, 1.54) is 0 Å². The van der Waals surface area contributed by atoms with Crippen LogP contribution in [0.25, 0.3) is 10.8 Å². The van der Waals surface area contributed by atoms with Crippen LogP contribution in [0.4, 0.5) is 0 Å². The number of amides is 1. The second-order valence-electron chi connectivity index (χ2n) is 6.00. The number of aromatic nitrogens is 3. The highest BCUT2D eigenvalue weighted by atomic mass is 16.2. The number of imidazole rings is 1. The van der Waals surface area contributed by atoms with Crippen LogP contribution in [0.5, 0.6) is 0 Å². The van der Waals surface area contributed by atoms with Crippen LogP contribution in [-0.2, 0) is 7.05 Å². The summed E-state index contributed by atoms with van der Waals surface area (Å²) < 4.78 is 1.97. The molecule has 0 radical (unpaired) electrons. The maximum absolute atomic E-state index is 13.2. The van der Waals surface area contributed by atoms with E-state index >= 15 is 0 Å². The number of rotatable bonds is 2. The van der Waals surface area contributed by atoms with Gasteiger partial charge in [0.1, 0.15) is 17.6 Å². The van der Waals surface area contributed by atoms with Crippen molar-refractivity contribution < 1.29 is 4.79 Å². The molecule has 1 aliphatic rings. The van der Waals surface area contributed by atoms with E-state index in [-0.39, 0.29) is 11.9 Å². The number of carbonyl (C=O) groups excluding carboxylic acids is 1. The molecule has 0 spiro atoms. The number of carbonyl (C=O) groups is 1. The Hall–Kier alpha value is -2.73. The van der Waals surface area contributed by atoms with Gasteiger partial charge in [-0.1, -0.05) is 24.3 Å². The standard InChI is InChI=1S/C18H19N5O/c1-22-10-9-21-17(22)15-12-19-8-11-23(15)18(24)16-14-5-3-2-4-13(14)6-7-20-16/h2-7,9-10,15,19H,8,11-12H2,1H3. The lowest BCUT2D eigenvalue weighted by Crippen LogP contribution is -2.49. The number of fused-ring (bicyclic) bond motifs is 1. The Bertz CT molecular complexity index is 883. The Morgan fingerprint density at radius 2 is 2.08 bits per heavy atom. The van der Waals surface area contributed by atoms with Crippen LogP contribution < -0.4 is 5.32 Å². The lowest BCUT2D eigenvalue weighted by atomic mass is 10.1. The zero-order chi connectivity index (χ0) is 16.5. The third-order valence-electron chi connectivity index (χ3n) is 4.54. The van der Waals surface area contributed by atoms with Crippen molar-refractivity contribution in [3.05, 3.63) is 60.4 Å². The zero-order valence-electron chi connectivity index (χ0n) is 13.5. The summed E-state index contributed by atoms with van der Waals surface area (Å²) in [6.07, 6.45) is 5.37. The number of pyridine rings is 1. The zero-order valence-corrected chi connectivity index (χ0v) is 13.5. The van der Waals surface area contributed by atoms with Gasteiger partial charge in [0.2, 0.25) is 0 Å². The van der Waals surface area contributed by atoms with Crippen molar-refractivity contribution in [1.29, 1.82) is 0 Å². The molecule has 24 heavy (non-hydrogen) atoms. The van der Waals surface area contributed by atoms with Gasteiger partial charge in [-0.05, 0) is 11.5 Å². The van der Waals surface area contributed by atoms with Crippen LogP contribution in [0, 0.1) is 0 Å². The van der Waals surface area contributed by atoms with Gasteiger partial charge < -0.3 is 14.8 Å². The predicted octanol–water partition coefficient (Wildman–Crippen LogP) is 1.75. The molecule has 1 fully saturated rings. The van der Waals surface area contributed by atoms with Crippen LogP contribution in [0.15, 0.2) is 48.9 Å². The minimum atomic E-state index is -0.0907. The molecule has 1 atom stereocenters. The van der Waals surface area contributed by atoms with E-state index in [4.69, 9.17) is 0 Å². The maximum Gasteiger partial charge on any atom is 0.273 e. The summed E-state index contributed by atoms with van der Waals surface area (Å²) in [7, 11) is 1.95. The normalized spacial score (nSPS) is 18.0. The Kier molecular flexibility index (Phi) is 3.74. The van der Waals surface area contributed by atoms with Crippen molar-refractivity contribution in [3.8, 4) is 0 Å². The third-order valence-corrected chi connectivity index (χ3v) is 4.54. The van der Waals surface area contributed by atoms with E-state index in [2.05, 4.69) is 15.3 Å². The van der Waals surface area contributed by atoms with Gasteiger partial charge in [0.15, 0.2) is 0 Å². The number of nitrogens with zero attached hydrogens (tertiary/aromatic N) is 4. The highest BCUT2D eigenvalue weighted by Crippen LogP contribution is 2.25. The van der Waals surface area contributed by atoms with Crippen LogP contribution >= 0.6 is 0 Å². The van der Waals surface area contributed by atoms with Crippen molar-refractivity contribution in [1.82, 2.24) is 24.8 Å². The summed E-state index contributed by atoms with van der Waals surface area (Å²) in [5, 5.41) is 5.27. The molecule has 0 bridgehead atoms. The maximum atomic E-state index is 13.2. The number of nitrogens with one attached hydrogen (secondary N) is 1. The third kappa shape index (κ3) is 2.45. The fraction of sp³-hybridized carbons (Fsp3) is 0.278. The van der Waals surface area contributed by atoms with Gasteiger partial charge in [0.25, 0.3) is 5.91 Å². The van der Waals surface area contributed by atoms with Crippen molar-refractivity contribution >= 4 is 16.7 Å². The second-order valence-corrected chi connectivity index (χ2v) is 6.00. The molecule has 4 rings (SSSR count). The van der Waals surface area contributed by atoms with Gasteiger partial charge in [-0.3, -0.25) is 9.78 Å². The Balaban J connectivity index is 1.75. The van der Waals surface area contributed by atoms with Gasteiger partial charge in [-0.2, -0.15) is 0 Å². The Morgan fingerprint density at radius 3 is 2.92 bits per heavy atom. The van der Waals surface area contributed by atoms with Crippen LogP contribution in [0.2, 0.25) is 0 Å². The first-order valence-electron chi connectivity index (χ1n) is 8.08. The molecule has 0 saturated carbocycles. The summed E-state index contributed by atoms with van der Waals surface area (Å²) >= 11 is 0. The Morgan fingerprint density at radius 1 is 1.21 bits per heavy atom. The minimum absolute atomic E-state index is 0.0405. The SMILES string of the molecule is Cn1ccnc1C1CNCCN1C(=O)c1nccc2ccccc12. The molecule has 1 amide bonds. The van der Waals surface area contributed by atoms with Crippen molar-refractivity contribution in [2.45, 2.75) is 6.04 Å². The number of hydrogen-bond donors (Lipinski definition) is 1. The van der Waals surface area contributed by atoms with Crippen LogP contribution in [0.3, 0.4) is 0 Å². The molecular formula is C18H19N5O. The summed E-state index contributed by atoms with van der Waals surface area (Å²) in [6.45, 7) is 2.11. The molecule has 3 heterocycles. The summed E-state index contributed by atoms with van der Waals surface area (Å²) in [5.74, 6) is 0.845. The fourth-order valence-electron chi connectivity index (χ4n) is 3.30. The van der Waals surface area contributed by atoms with E-state index in [1.54, 1.807) is 12.4 Å². The quantitative estimate of drug-likeness (QED) is 0.781. The lowest BCUT2D eigenvalue weighted by molar-refractivity contribution is 0.0617. The van der Waals surface area contributed by atoms with E-state index < -0.39 is 0 Å². The average Bonchev–Trinajstić information content (AvgIpc) is 3.06. The van der Waals surface area contributed by atoms with Gasteiger partial charge in [-0.15, -0.1) is 0 Å². The van der Waals surface area contributed by atoms with E-state index in [1.807, 2.05) is 53.0 Å². The fourth-order valence-corrected chi connectivity index (χ4v) is 3.30. The molecular weight excluding hydrogens is 302 g/mol. The van der Waals surface area contributed by atoms with Gasteiger partial charge >= 0.3 is 0 Å². The lowest BCUT2D eigenvalue weighted by Gasteiger charge is -2.35. The smallest absolute Gasteiger partial charge is 0.273 e. The molecule has 6 nitrogen and oxygen atoms in total. The van der Waals surface area contributed by atoms with Crippen LogP contribution in [-0.4, -0.2) is 45.0 Å². The predicted molar refractivity (Wildman–Crippen MR) is 91.6 cm³/mol. The molecule has 1 unspecified atom stereocenters. The summed E-state index contributed by atoms with van der Waals surface area (Å²) in [6, 6.07) is 9.70. The molecule has 3 aromatic rings. The minimum Gasteiger partial charge on any atom is -0.336 e. The number of hydrogen-bond acceptors (Lipinski definition) is 4. The molecule has 1 N–H and O–H groups in total.